The molecule has 0 radical (unpaired) electrons. The van der Waals surface area contributed by atoms with Gasteiger partial charge in [-0.25, -0.2) is 9.59 Å². The van der Waals surface area contributed by atoms with E-state index < -0.39 is 30.3 Å². The lowest BCUT2D eigenvalue weighted by Crippen LogP contribution is -2.51. The summed E-state index contributed by atoms with van der Waals surface area (Å²) in [5, 5.41) is 21.9. The molecule has 0 aromatic carbocycles. The molecule has 1 unspecified atom stereocenters. The van der Waals surface area contributed by atoms with Crippen molar-refractivity contribution in [3.05, 3.63) is 0 Å². The smallest absolute Gasteiger partial charge is 0.328 e. The van der Waals surface area contributed by atoms with Gasteiger partial charge in [-0.05, 0) is 20.8 Å². The predicted octanol–water partition coefficient (Wildman–Crippen LogP) is -0.454. The number of aliphatic carboxylic acids is 1. The molecule has 0 spiro atoms. The van der Waals surface area contributed by atoms with Crippen LogP contribution in [-0.2, 0) is 9.53 Å². The summed E-state index contributed by atoms with van der Waals surface area (Å²) in [4.78, 5) is 21.9. The molecule has 7 nitrogen and oxygen atoms in total. The van der Waals surface area contributed by atoms with Crippen molar-refractivity contribution in [2.45, 2.75) is 32.4 Å². The molecule has 17 heavy (non-hydrogen) atoms. The lowest BCUT2D eigenvalue weighted by atomic mass is 10.1. The average Bonchev–Trinajstić information content (AvgIpc) is 2.22. The van der Waals surface area contributed by atoms with Crippen molar-refractivity contribution in [1.82, 2.24) is 10.6 Å². The van der Waals surface area contributed by atoms with Gasteiger partial charge in [-0.15, -0.1) is 0 Å². The van der Waals surface area contributed by atoms with Crippen molar-refractivity contribution in [2.24, 2.45) is 0 Å². The Morgan fingerprint density at radius 1 is 1.41 bits per heavy atom. The molecule has 0 aromatic heterocycles. The summed E-state index contributed by atoms with van der Waals surface area (Å²) < 4.78 is 5.35. The number of urea groups is 1. The van der Waals surface area contributed by atoms with Crippen molar-refractivity contribution in [3.8, 4) is 0 Å². The molecule has 0 saturated heterocycles. The normalized spacial score (nSPS) is 12.9. The highest BCUT2D eigenvalue weighted by Crippen LogP contribution is 2.06. The summed E-state index contributed by atoms with van der Waals surface area (Å²) in [6, 6.07) is -1.95. The van der Waals surface area contributed by atoms with E-state index in [9.17, 15) is 9.59 Å². The van der Waals surface area contributed by atoms with Gasteiger partial charge in [0.05, 0.1) is 12.2 Å². The van der Waals surface area contributed by atoms with Crippen LogP contribution in [0.3, 0.4) is 0 Å². The number of nitrogens with one attached hydrogen (secondary N) is 2. The molecule has 1 atom stereocenters. The third-order valence-electron chi connectivity index (χ3n) is 2.00. The third kappa shape index (κ3) is 6.75. The van der Waals surface area contributed by atoms with Crippen LogP contribution in [0.4, 0.5) is 4.79 Å². The number of carboxylic acids is 1. The molecule has 0 aliphatic rings. The van der Waals surface area contributed by atoms with Gasteiger partial charge < -0.3 is 25.6 Å². The summed E-state index contributed by atoms with van der Waals surface area (Å²) in [6.07, 6.45) is 0. The summed E-state index contributed by atoms with van der Waals surface area (Å²) in [5.74, 6) is -1.29. The Balaban J connectivity index is 4.06. The lowest BCUT2D eigenvalue weighted by Gasteiger charge is -2.25. The maximum absolute atomic E-state index is 11.3. The van der Waals surface area contributed by atoms with Gasteiger partial charge in [-0.3, -0.25) is 0 Å². The van der Waals surface area contributed by atoms with Gasteiger partial charge in [0.1, 0.15) is 0 Å². The Hall–Kier alpha value is -1.34. The number of carbonyl (C=O) groups is 2. The molecule has 0 aliphatic heterocycles. The van der Waals surface area contributed by atoms with Crippen LogP contribution in [0.2, 0.25) is 0 Å². The summed E-state index contributed by atoms with van der Waals surface area (Å²) in [5.41, 5.74) is -0.524. The molecule has 4 N–H and O–H groups in total. The van der Waals surface area contributed by atoms with E-state index in [0.29, 0.717) is 6.61 Å². The predicted molar refractivity (Wildman–Crippen MR) is 60.7 cm³/mol. The second-order valence-corrected chi connectivity index (χ2v) is 4.09. The minimum absolute atomic E-state index is 0.241. The van der Waals surface area contributed by atoms with Gasteiger partial charge in [0.25, 0.3) is 0 Å². The Morgan fingerprint density at radius 2 is 2.00 bits per heavy atom. The summed E-state index contributed by atoms with van der Waals surface area (Å²) >= 11 is 0. The zero-order valence-corrected chi connectivity index (χ0v) is 10.3. The van der Waals surface area contributed by atoms with Crippen LogP contribution in [-0.4, -0.2) is 53.6 Å². The monoisotopic (exact) mass is 248 g/mol. The molecule has 0 heterocycles. The zero-order chi connectivity index (χ0) is 13.5. The zero-order valence-electron chi connectivity index (χ0n) is 10.3. The number of carboxylic acid groups (broad SMARTS) is 1. The first-order valence-electron chi connectivity index (χ1n) is 5.34. The highest BCUT2D eigenvalue weighted by Gasteiger charge is 2.21. The van der Waals surface area contributed by atoms with Gasteiger partial charge in [0.15, 0.2) is 6.04 Å². The van der Waals surface area contributed by atoms with Crippen LogP contribution in [0.5, 0.6) is 0 Å². The van der Waals surface area contributed by atoms with Crippen LogP contribution < -0.4 is 10.6 Å². The molecule has 0 saturated carbocycles. The van der Waals surface area contributed by atoms with E-state index in [1.165, 1.54) is 0 Å². The Labute approximate surface area is 100 Å². The number of hydrogen-bond donors (Lipinski definition) is 4. The molecule has 7 heteroatoms. The van der Waals surface area contributed by atoms with Crippen molar-refractivity contribution >= 4 is 12.0 Å². The maximum atomic E-state index is 11.3. The highest BCUT2D eigenvalue weighted by atomic mass is 16.5. The van der Waals surface area contributed by atoms with Crippen molar-refractivity contribution in [2.75, 3.05) is 19.8 Å². The molecule has 100 valence electrons. The summed E-state index contributed by atoms with van der Waals surface area (Å²) in [7, 11) is 0. The number of rotatable bonds is 7. The molecule has 0 rings (SSSR count). The number of hydrogen-bond acceptors (Lipinski definition) is 4. The first kappa shape index (κ1) is 15.7. The fourth-order valence-electron chi connectivity index (χ4n) is 1.13. The van der Waals surface area contributed by atoms with Crippen LogP contribution >= 0.6 is 0 Å². The first-order chi connectivity index (χ1) is 7.82. The molecular weight excluding hydrogens is 228 g/mol. The van der Waals surface area contributed by atoms with Crippen molar-refractivity contribution < 1.29 is 24.5 Å². The second kappa shape index (κ2) is 7.08. The SMILES string of the molecule is CCOC(C)(C)CNC(=O)NC(CO)C(=O)O. The number of aliphatic hydroxyl groups is 1. The Morgan fingerprint density at radius 3 is 2.41 bits per heavy atom. The van der Waals surface area contributed by atoms with E-state index in [-0.39, 0.29) is 6.54 Å². The second-order valence-electron chi connectivity index (χ2n) is 4.09. The van der Waals surface area contributed by atoms with E-state index in [1.807, 2.05) is 6.92 Å². The molecule has 0 bridgehead atoms. The van der Waals surface area contributed by atoms with Gasteiger partial charge in [0.2, 0.25) is 0 Å². The standard InChI is InChI=1S/C10H20N2O5/c1-4-17-10(2,3)6-11-9(16)12-7(5-13)8(14)15/h7,13H,4-6H2,1-3H3,(H,14,15)(H2,11,12,16). The third-order valence-corrected chi connectivity index (χ3v) is 2.00. The van der Waals surface area contributed by atoms with E-state index in [4.69, 9.17) is 14.9 Å². The fourth-order valence-corrected chi connectivity index (χ4v) is 1.13. The van der Waals surface area contributed by atoms with E-state index in [1.54, 1.807) is 13.8 Å². The van der Waals surface area contributed by atoms with E-state index in [2.05, 4.69) is 10.6 Å². The number of amides is 2. The number of aliphatic hydroxyl groups excluding tert-OH is 1. The van der Waals surface area contributed by atoms with E-state index >= 15 is 0 Å². The van der Waals surface area contributed by atoms with Crippen LogP contribution in [0, 0.1) is 0 Å². The molecule has 0 fully saturated rings. The van der Waals surface area contributed by atoms with Crippen molar-refractivity contribution in [1.29, 1.82) is 0 Å². The highest BCUT2D eigenvalue weighted by molar-refractivity contribution is 5.82. The minimum atomic E-state index is -1.30. The average molecular weight is 248 g/mol. The largest absolute Gasteiger partial charge is 0.480 e. The lowest BCUT2D eigenvalue weighted by molar-refractivity contribution is -0.140. The molecular formula is C10H20N2O5. The minimum Gasteiger partial charge on any atom is -0.480 e. The van der Waals surface area contributed by atoms with E-state index in [0.717, 1.165) is 0 Å². The van der Waals surface area contributed by atoms with Gasteiger partial charge in [-0.2, -0.15) is 0 Å². The van der Waals surface area contributed by atoms with Gasteiger partial charge in [-0.1, -0.05) is 0 Å². The van der Waals surface area contributed by atoms with Crippen LogP contribution in [0.1, 0.15) is 20.8 Å². The molecule has 0 aromatic rings. The molecule has 0 aliphatic carbocycles. The Bertz CT molecular complexity index is 267. The first-order valence-corrected chi connectivity index (χ1v) is 5.34. The topological polar surface area (TPSA) is 108 Å². The van der Waals surface area contributed by atoms with Crippen molar-refractivity contribution in [3.63, 3.8) is 0 Å². The number of carbonyl (C=O) groups excluding carboxylic acids is 1. The van der Waals surface area contributed by atoms with Gasteiger partial charge in [0, 0.05) is 13.2 Å². The summed E-state index contributed by atoms with van der Waals surface area (Å²) in [6.45, 7) is 5.55. The quantitative estimate of drug-likeness (QED) is 0.488. The maximum Gasteiger partial charge on any atom is 0.328 e. The van der Waals surface area contributed by atoms with Crippen LogP contribution in [0.25, 0.3) is 0 Å². The Kier molecular flexibility index (Phi) is 6.52. The molecule has 2 amide bonds. The number of ether oxygens (including phenoxy) is 1. The van der Waals surface area contributed by atoms with Gasteiger partial charge >= 0.3 is 12.0 Å². The van der Waals surface area contributed by atoms with Crippen LogP contribution in [0.15, 0.2) is 0 Å². The fraction of sp³-hybridized carbons (Fsp3) is 0.800.